The van der Waals surface area contributed by atoms with Crippen molar-refractivity contribution >= 4 is 18.0 Å². The van der Waals surface area contributed by atoms with E-state index in [2.05, 4.69) is 27.6 Å². The number of aromatic nitrogens is 2. The lowest BCUT2D eigenvalue weighted by atomic mass is 9.90. The molecular formula is C21H19N3O2. The molecule has 0 saturated carbocycles. The number of carbonyl (C=O) groups is 1. The molecule has 0 saturated heterocycles. The van der Waals surface area contributed by atoms with Crippen LogP contribution in [0.3, 0.4) is 0 Å². The fourth-order valence-electron chi connectivity index (χ4n) is 3.14. The molecule has 130 valence electrons. The van der Waals surface area contributed by atoms with Crippen molar-refractivity contribution in [3.63, 3.8) is 0 Å². The highest BCUT2D eigenvalue weighted by Gasteiger charge is 2.14. The highest BCUT2D eigenvalue weighted by atomic mass is 16.4. The van der Waals surface area contributed by atoms with E-state index in [9.17, 15) is 4.79 Å². The lowest BCUT2D eigenvalue weighted by molar-refractivity contribution is -0.112. The summed E-state index contributed by atoms with van der Waals surface area (Å²) in [4.78, 5) is 12.0. The molecule has 2 aromatic carbocycles. The van der Waals surface area contributed by atoms with Crippen LogP contribution in [0.1, 0.15) is 29.5 Å². The molecule has 0 atom stereocenters. The monoisotopic (exact) mass is 345 g/mol. The molecule has 1 aliphatic carbocycles. The van der Waals surface area contributed by atoms with Crippen LogP contribution < -0.4 is 5.32 Å². The summed E-state index contributed by atoms with van der Waals surface area (Å²) in [5.74, 6) is 0.107. The molecular weight excluding hydrogens is 326 g/mol. The lowest BCUT2D eigenvalue weighted by Gasteiger charge is -2.15. The number of fused-ring (bicyclic) bond motifs is 1. The van der Waals surface area contributed by atoms with Gasteiger partial charge >= 0.3 is 6.01 Å². The number of hydrogen-bond donors (Lipinski definition) is 1. The highest BCUT2D eigenvalue weighted by Crippen LogP contribution is 2.27. The third-order valence-electron chi connectivity index (χ3n) is 4.48. The summed E-state index contributed by atoms with van der Waals surface area (Å²) in [6, 6.07) is 15.9. The number of rotatable bonds is 4. The maximum Gasteiger partial charge on any atom is 0.322 e. The van der Waals surface area contributed by atoms with Crippen molar-refractivity contribution in [2.45, 2.75) is 25.7 Å². The summed E-state index contributed by atoms with van der Waals surface area (Å²) in [5.41, 5.74) is 4.59. The number of aryl methyl sites for hydroxylation is 2. The predicted molar refractivity (Wildman–Crippen MR) is 100 cm³/mol. The first-order valence-electron chi connectivity index (χ1n) is 8.78. The molecule has 26 heavy (non-hydrogen) atoms. The van der Waals surface area contributed by atoms with Crippen LogP contribution in [-0.2, 0) is 17.6 Å². The Bertz CT molecular complexity index is 945. The minimum atomic E-state index is -0.311. The molecule has 0 bridgehead atoms. The van der Waals surface area contributed by atoms with Gasteiger partial charge in [-0.1, -0.05) is 41.5 Å². The van der Waals surface area contributed by atoms with Gasteiger partial charge in [-0.3, -0.25) is 10.1 Å². The zero-order chi connectivity index (χ0) is 17.8. The minimum Gasteiger partial charge on any atom is -0.403 e. The second-order valence-electron chi connectivity index (χ2n) is 6.34. The quantitative estimate of drug-likeness (QED) is 0.717. The van der Waals surface area contributed by atoms with Gasteiger partial charge in [0.15, 0.2) is 0 Å². The normalized spacial score (nSPS) is 13.5. The van der Waals surface area contributed by atoms with E-state index >= 15 is 0 Å². The van der Waals surface area contributed by atoms with Crippen LogP contribution in [0.2, 0.25) is 0 Å². The topological polar surface area (TPSA) is 68.0 Å². The Hall–Kier alpha value is -3.21. The molecule has 5 heteroatoms. The molecule has 1 aromatic heterocycles. The van der Waals surface area contributed by atoms with Crippen molar-refractivity contribution in [3.05, 3.63) is 71.3 Å². The first-order valence-corrected chi connectivity index (χ1v) is 8.78. The van der Waals surface area contributed by atoms with Gasteiger partial charge in [-0.2, -0.15) is 0 Å². The molecule has 4 rings (SSSR count). The lowest BCUT2D eigenvalue weighted by Crippen LogP contribution is -2.07. The van der Waals surface area contributed by atoms with Crippen LogP contribution in [0.5, 0.6) is 0 Å². The summed E-state index contributed by atoms with van der Waals surface area (Å²) in [6.45, 7) is 0. The van der Waals surface area contributed by atoms with Gasteiger partial charge in [0.2, 0.25) is 5.89 Å². The summed E-state index contributed by atoms with van der Waals surface area (Å²) in [7, 11) is 0. The van der Waals surface area contributed by atoms with Crippen LogP contribution >= 0.6 is 0 Å². The molecule has 5 nitrogen and oxygen atoms in total. The molecule has 0 fully saturated rings. The predicted octanol–water partition coefficient (Wildman–Crippen LogP) is 4.27. The Labute approximate surface area is 151 Å². The number of carbonyl (C=O) groups excluding carboxylic acids is 1. The van der Waals surface area contributed by atoms with Gasteiger partial charge in [0.25, 0.3) is 5.91 Å². The van der Waals surface area contributed by atoms with Gasteiger partial charge in [-0.15, -0.1) is 5.10 Å². The molecule has 1 N–H and O–H groups in total. The second-order valence-corrected chi connectivity index (χ2v) is 6.34. The highest BCUT2D eigenvalue weighted by molar-refractivity contribution is 6.00. The number of anilines is 1. The van der Waals surface area contributed by atoms with Gasteiger partial charge in [0, 0.05) is 11.6 Å². The summed E-state index contributed by atoms with van der Waals surface area (Å²) in [5, 5.41) is 10.6. The molecule has 0 unspecified atom stereocenters. The fraction of sp³-hybridized carbons (Fsp3) is 0.190. The molecule has 0 spiro atoms. The standard InChI is InChI=1S/C21H19N3O2/c25-19(13-10-15-6-2-1-3-7-15)22-21-24-23-20(26-21)18-12-11-16-8-4-5-9-17(16)14-18/h1-3,6-7,10-14H,4-5,8-9H2,(H,22,24,25)/b13-10+. The number of amides is 1. The smallest absolute Gasteiger partial charge is 0.322 e. The Balaban J connectivity index is 1.45. The van der Waals surface area contributed by atoms with E-state index in [1.807, 2.05) is 36.4 Å². The molecule has 0 aliphatic heterocycles. The summed E-state index contributed by atoms with van der Waals surface area (Å²) >= 11 is 0. The van der Waals surface area contributed by atoms with Gasteiger partial charge in [0.05, 0.1) is 0 Å². The average molecular weight is 345 g/mol. The molecule has 1 heterocycles. The van der Waals surface area contributed by atoms with Crippen LogP contribution in [0.25, 0.3) is 17.5 Å². The minimum absolute atomic E-state index is 0.0976. The SMILES string of the molecule is O=C(/C=C/c1ccccc1)Nc1nnc(-c2ccc3c(c2)CCCC3)o1. The van der Waals surface area contributed by atoms with Crippen molar-refractivity contribution in [1.82, 2.24) is 10.2 Å². The van der Waals surface area contributed by atoms with E-state index in [1.165, 1.54) is 30.0 Å². The van der Waals surface area contributed by atoms with Crippen molar-refractivity contribution in [2.75, 3.05) is 5.32 Å². The van der Waals surface area contributed by atoms with E-state index in [0.717, 1.165) is 24.0 Å². The Morgan fingerprint density at radius 3 is 2.65 bits per heavy atom. The van der Waals surface area contributed by atoms with E-state index in [4.69, 9.17) is 4.42 Å². The van der Waals surface area contributed by atoms with E-state index < -0.39 is 0 Å². The third-order valence-corrected chi connectivity index (χ3v) is 4.48. The van der Waals surface area contributed by atoms with E-state index in [0.29, 0.717) is 5.89 Å². The van der Waals surface area contributed by atoms with Gasteiger partial charge in [0.1, 0.15) is 0 Å². The number of nitrogens with zero attached hydrogens (tertiary/aromatic N) is 2. The van der Waals surface area contributed by atoms with Crippen molar-refractivity contribution in [2.24, 2.45) is 0 Å². The maximum atomic E-state index is 12.0. The van der Waals surface area contributed by atoms with Crippen molar-refractivity contribution in [3.8, 4) is 11.5 Å². The zero-order valence-corrected chi connectivity index (χ0v) is 14.3. The van der Waals surface area contributed by atoms with E-state index in [1.54, 1.807) is 6.08 Å². The zero-order valence-electron chi connectivity index (χ0n) is 14.3. The van der Waals surface area contributed by atoms with Gasteiger partial charge in [-0.05, 0) is 60.6 Å². The Morgan fingerprint density at radius 1 is 1.00 bits per heavy atom. The fourth-order valence-corrected chi connectivity index (χ4v) is 3.14. The summed E-state index contributed by atoms with van der Waals surface area (Å²) in [6.07, 6.45) is 7.86. The first-order chi connectivity index (χ1) is 12.8. The second kappa shape index (κ2) is 7.35. The van der Waals surface area contributed by atoms with Gasteiger partial charge in [-0.25, -0.2) is 0 Å². The van der Waals surface area contributed by atoms with Crippen LogP contribution in [-0.4, -0.2) is 16.1 Å². The van der Waals surface area contributed by atoms with Crippen molar-refractivity contribution in [1.29, 1.82) is 0 Å². The first kappa shape index (κ1) is 16.3. The third kappa shape index (κ3) is 3.72. The van der Waals surface area contributed by atoms with Gasteiger partial charge < -0.3 is 4.42 Å². The number of benzene rings is 2. The summed E-state index contributed by atoms with van der Waals surface area (Å²) < 4.78 is 5.60. The molecule has 1 amide bonds. The van der Waals surface area contributed by atoms with Crippen LogP contribution in [0.15, 0.2) is 59.0 Å². The van der Waals surface area contributed by atoms with E-state index in [-0.39, 0.29) is 11.9 Å². The number of hydrogen-bond acceptors (Lipinski definition) is 4. The number of nitrogens with one attached hydrogen (secondary N) is 1. The molecule has 1 aliphatic rings. The largest absolute Gasteiger partial charge is 0.403 e. The van der Waals surface area contributed by atoms with Crippen LogP contribution in [0.4, 0.5) is 6.01 Å². The maximum absolute atomic E-state index is 12.0. The molecule has 3 aromatic rings. The van der Waals surface area contributed by atoms with Crippen molar-refractivity contribution < 1.29 is 9.21 Å². The molecule has 0 radical (unpaired) electrons. The Kier molecular flexibility index (Phi) is 4.60. The Morgan fingerprint density at radius 2 is 1.81 bits per heavy atom. The van der Waals surface area contributed by atoms with Crippen LogP contribution in [0, 0.1) is 0 Å². The average Bonchev–Trinajstić information content (AvgIpc) is 3.15.